The van der Waals surface area contributed by atoms with Crippen molar-refractivity contribution < 1.29 is 29.0 Å². The molecular weight excluding hydrogens is 468 g/mol. The molecule has 1 atom stereocenters. The molecular formula is C26H24N2O6S. The lowest BCUT2D eigenvalue weighted by molar-refractivity contribution is -0.132. The second kappa shape index (κ2) is 9.71. The van der Waals surface area contributed by atoms with E-state index >= 15 is 0 Å². The molecule has 0 spiro atoms. The number of hydrogen-bond donors (Lipinski definition) is 1. The molecule has 2 heterocycles. The van der Waals surface area contributed by atoms with Crippen molar-refractivity contribution in [2.45, 2.75) is 26.8 Å². The number of hydrogen-bond acceptors (Lipinski definition) is 8. The van der Waals surface area contributed by atoms with Crippen molar-refractivity contribution in [3.05, 3.63) is 81.4 Å². The van der Waals surface area contributed by atoms with Crippen LogP contribution < -0.4 is 9.64 Å². The molecule has 1 N–H and O–H groups in total. The van der Waals surface area contributed by atoms with Crippen molar-refractivity contribution in [3.63, 3.8) is 0 Å². The van der Waals surface area contributed by atoms with Gasteiger partial charge in [-0.25, -0.2) is 9.78 Å². The molecule has 1 aliphatic heterocycles. The Hall–Kier alpha value is -3.98. The maximum atomic E-state index is 13.3. The number of anilines is 1. The van der Waals surface area contributed by atoms with Gasteiger partial charge in [0.25, 0.3) is 5.78 Å². The maximum Gasteiger partial charge on any atom is 0.350 e. The predicted molar refractivity (Wildman–Crippen MR) is 132 cm³/mol. The van der Waals surface area contributed by atoms with E-state index in [9.17, 15) is 19.5 Å². The molecule has 0 radical (unpaired) electrons. The van der Waals surface area contributed by atoms with Crippen LogP contribution in [0.2, 0.25) is 0 Å². The molecule has 1 fully saturated rings. The number of esters is 1. The van der Waals surface area contributed by atoms with Crippen LogP contribution in [0.15, 0.2) is 54.1 Å². The van der Waals surface area contributed by atoms with Gasteiger partial charge >= 0.3 is 11.9 Å². The van der Waals surface area contributed by atoms with Crippen LogP contribution in [0.1, 0.15) is 45.0 Å². The SMILES string of the molecule is CCOC(=O)c1sc(N2C(=O)C(=O)C(=C(O)c3ccc(C)cc3)[C@H]2c2ccc(OC)cc2)nc1C. The van der Waals surface area contributed by atoms with Gasteiger partial charge < -0.3 is 14.6 Å². The normalized spacial score (nSPS) is 17.0. The zero-order valence-corrected chi connectivity index (χ0v) is 20.5. The van der Waals surface area contributed by atoms with Gasteiger partial charge in [-0.1, -0.05) is 53.3 Å². The molecule has 3 aromatic rings. The molecule has 1 amide bonds. The highest BCUT2D eigenvalue weighted by Gasteiger charge is 2.48. The van der Waals surface area contributed by atoms with Gasteiger partial charge in [-0.3, -0.25) is 14.5 Å². The van der Waals surface area contributed by atoms with Crippen LogP contribution in [0.25, 0.3) is 5.76 Å². The number of methoxy groups -OCH3 is 1. The minimum Gasteiger partial charge on any atom is -0.507 e. The maximum absolute atomic E-state index is 13.3. The monoisotopic (exact) mass is 492 g/mol. The molecule has 0 saturated carbocycles. The third-order valence-electron chi connectivity index (χ3n) is 5.65. The Bertz CT molecular complexity index is 1320. The van der Waals surface area contributed by atoms with E-state index in [4.69, 9.17) is 9.47 Å². The summed E-state index contributed by atoms with van der Waals surface area (Å²) in [5.41, 5.74) is 2.30. The molecule has 1 saturated heterocycles. The van der Waals surface area contributed by atoms with Gasteiger partial charge in [0.2, 0.25) is 0 Å². The molecule has 35 heavy (non-hydrogen) atoms. The van der Waals surface area contributed by atoms with Crippen LogP contribution in [0.3, 0.4) is 0 Å². The summed E-state index contributed by atoms with van der Waals surface area (Å²) in [4.78, 5) is 44.8. The number of amides is 1. The zero-order valence-electron chi connectivity index (χ0n) is 19.7. The van der Waals surface area contributed by atoms with E-state index in [0.29, 0.717) is 22.6 Å². The number of aliphatic hydroxyl groups excluding tert-OH is 1. The van der Waals surface area contributed by atoms with E-state index in [0.717, 1.165) is 16.9 Å². The van der Waals surface area contributed by atoms with Crippen molar-refractivity contribution in [2.24, 2.45) is 0 Å². The van der Waals surface area contributed by atoms with E-state index < -0.39 is 23.7 Å². The summed E-state index contributed by atoms with van der Waals surface area (Å²) in [6.07, 6.45) is 0. The van der Waals surface area contributed by atoms with Crippen LogP contribution in [0.4, 0.5) is 5.13 Å². The summed E-state index contributed by atoms with van der Waals surface area (Å²) >= 11 is 0.967. The lowest BCUT2D eigenvalue weighted by Gasteiger charge is -2.23. The number of benzene rings is 2. The third kappa shape index (κ3) is 4.42. The molecule has 0 unspecified atom stereocenters. The van der Waals surface area contributed by atoms with Crippen molar-refractivity contribution in [2.75, 3.05) is 18.6 Å². The average molecular weight is 493 g/mol. The van der Waals surface area contributed by atoms with Crippen LogP contribution in [0, 0.1) is 13.8 Å². The fraction of sp³-hybridized carbons (Fsp3) is 0.231. The average Bonchev–Trinajstić information content (AvgIpc) is 3.36. The number of carbonyl (C=O) groups is 3. The molecule has 180 valence electrons. The Balaban J connectivity index is 1.90. The molecule has 4 rings (SSSR count). The molecule has 0 bridgehead atoms. The van der Waals surface area contributed by atoms with Gasteiger partial charge in [0.05, 0.1) is 31.0 Å². The highest BCUT2D eigenvalue weighted by atomic mass is 32.1. The Kier molecular flexibility index (Phi) is 6.70. The van der Waals surface area contributed by atoms with Crippen molar-refractivity contribution >= 4 is 39.9 Å². The van der Waals surface area contributed by atoms with Crippen LogP contribution in [-0.2, 0) is 14.3 Å². The number of nitrogens with zero attached hydrogens (tertiary/aromatic N) is 2. The smallest absolute Gasteiger partial charge is 0.350 e. The zero-order chi connectivity index (χ0) is 25.3. The number of ketones is 1. The standard InChI is InChI=1S/C26H24N2O6S/c1-5-34-25(32)23-15(3)27-26(35-23)28-20(16-10-12-18(33-4)13-11-16)19(22(30)24(28)31)21(29)17-8-6-14(2)7-9-17/h6-13,20,29H,5H2,1-4H3/t20-/m1/s1. The topological polar surface area (TPSA) is 106 Å². The number of aliphatic hydroxyl groups is 1. The fourth-order valence-corrected chi connectivity index (χ4v) is 4.86. The summed E-state index contributed by atoms with van der Waals surface area (Å²) in [6.45, 7) is 5.43. The molecule has 0 aliphatic carbocycles. The number of aryl methyl sites for hydroxylation is 2. The summed E-state index contributed by atoms with van der Waals surface area (Å²) in [5.74, 6) is -1.92. The van der Waals surface area contributed by atoms with Gasteiger partial charge in [0.1, 0.15) is 16.4 Å². The number of Topliss-reactive ketones (excluding diaryl/α,β-unsaturated/α-hetero) is 1. The predicted octanol–water partition coefficient (Wildman–Crippen LogP) is 4.57. The Morgan fingerprint density at radius 1 is 1.09 bits per heavy atom. The first-order valence-electron chi connectivity index (χ1n) is 10.9. The second-order valence-corrected chi connectivity index (χ2v) is 8.92. The number of rotatable bonds is 6. The Morgan fingerprint density at radius 2 is 1.74 bits per heavy atom. The van der Waals surface area contributed by atoms with Gasteiger partial charge in [-0.05, 0) is 38.5 Å². The quantitative estimate of drug-likeness (QED) is 0.232. The van der Waals surface area contributed by atoms with Crippen LogP contribution in [-0.4, -0.2) is 41.5 Å². The summed E-state index contributed by atoms with van der Waals surface area (Å²) in [7, 11) is 1.54. The van der Waals surface area contributed by atoms with Crippen LogP contribution >= 0.6 is 11.3 Å². The summed E-state index contributed by atoms with van der Waals surface area (Å²) < 4.78 is 10.3. The van der Waals surface area contributed by atoms with Gasteiger partial charge in [-0.2, -0.15) is 0 Å². The molecule has 2 aromatic carbocycles. The van der Waals surface area contributed by atoms with E-state index in [-0.39, 0.29) is 27.9 Å². The lowest BCUT2D eigenvalue weighted by atomic mass is 9.95. The molecule has 1 aliphatic rings. The summed E-state index contributed by atoms with van der Waals surface area (Å²) in [6, 6.07) is 12.9. The van der Waals surface area contributed by atoms with E-state index in [1.165, 1.54) is 12.0 Å². The number of aromatic nitrogens is 1. The number of thiazole rings is 1. The third-order valence-corrected chi connectivity index (χ3v) is 6.79. The molecule has 8 nitrogen and oxygen atoms in total. The fourth-order valence-electron chi connectivity index (χ4n) is 3.87. The van der Waals surface area contributed by atoms with Crippen molar-refractivity contribution in [1.29, 1.82) is 0 Å². The van der Waals surface area contributed by atoms with E-state index in [1.54, 1.807) is 50.2 Å². The second-order valence-electron chi connectivity index (χ2n) is 7.94. The number of ether oxygens (including phenoxy) is 2. The summed E-state index contributed by atoms with van der Waals surface area (Å²) in [5, 5.41) is 11.3. The van der Waals surface area contributed by atoms with Gasteiger partial charge in [0, 0.05) is 5.56 Å². The van der Waals surface area contributed by atoms with E-state index in [1.807, 2.05) is 19.1 Å². The highest BCUT2D eigenvalue weighted by molar-refractivity contribution is 7.17. The minimum absolute atomic E-state index is 0.0606. The van der Waals surface area contributed by atoms with Gasteiger partial charge in [0.15, 0.2) is 5.13 Å². The lowest BCUT2D eigenvalue weighted by Crippen LogP contribution is -2.29. The minimum atomic E-state index is -0.956. The van der Waals surface area contributed by atoms with E-state index in [2.05, 4.69) is 4.98 Å². The highest BCUT2D eigenvalue weighted by Crippen LogP contribution is 2.44. The molecule has 9 heteroatoms. The first-order chi connectivity index (χ1) is 16.8. The first kappa shape index (κ1) is 24.2. The van der Waals surface area contributed by atoms with Gasteiger partial charge in [-0.15, -0.1) is 0 Å². The van der Waals surface area contributed by atoms with Crippen LogP contribution in [0.5, 0.6) is 5.75 Å². The largest absolute Gasteiger partial charge is 0.507 e. The van der Waals surface area contributed by atoms with Crippen molar-refractivity contribution in [1.82, 2.24) is 4.98 Å². The number of carbonyl (C=O) groups excluding carboxylic acids is 3. The first-order valence-corrected chi connectivity index (χ1v) is 11.7. The molecule has 1 aromatic heterocycles. The van der Waals surface area contributed by atoms with Crippen molar-refractivity contribution in [3.8, 4) is 5.75 Å². The Morgan fingerprint density at radius 3 is 2.34 bits per heavy atom. The Labute approximate surface area is 206 Å².